The molecule has 0 atom stereocenters. The highest BCUT2D eigenvalue weighted by Gasteiger charge is 2.24. The first kappa shape index (κ1) is 38.6. The van der Waals surface area contributed by atoms with Crippen molar-refractivity contribution < 1.29 is 41.7 Å². The Morgan fingerprint density at radius 2 is 1.26 bits per heavy atom. The van der Waals surface area contributed by atoms with Crippen molar-refractivity contribution in [3.63, 3.8) is 0 Å². The van der Waals surface area contributed by atoms with Gasteiger partial charge in [-0.05, 0) is 49.9 Å². The van der Waals surface area contributed by atoms with Gasteiger partial charge in [0.2, 0.25) is 5.91 Å². The number of nitrogens with zero attached hydrogens (tertiary/aromatic N) is 2. The van der Waals surface area contributed by atoms with Crippen LogP contribution in [0.2, 0.25) is 0 Å². The summed E-state index contributed by atoms with van der Waals surface area (Å²) in [6.07, 6.45) is 3.35. The Morgan fingerprint density at radius 3 is 1.63 bits per heavy atom. The monoisotopic (exact) mass is 656 g/mol. The normalized spacial score (nSPS) is 16.3. The zero-order chi connectivity index (χ0) is 34.3. The highest BCUT2D eigenvalue weighted by Crippen LogP contribution is 2.26. The topological polar surface area (TPSA) is 117 Å². The molecule has 46 heavy (non-hydrogen) atoms. The van der Waals surface area contributed by atoms with Crippen LogP contribution in [0.25, 0.3) is 0 Å². The number of hydrogen-bond donors (Lipinski definition) is 3. The highest BCUT2D eigenvalue weighted by atomic mass is 19.1. The van der Waals surface area contributed by atoms with Crippen LogP contribution in [0.3, 0.4) is 0 Å². The Kier molecular flexibility index (Phi) is 16.1. The third-order valence-corrected chi connectivity index (χ3v) is 7.32. The molecule has 0 aliphatic carbocycles. The molecule has 0 unspecified atom stereocenters. The summed E-state index contributed by atoms with van der Waals surface area (Å²) in [7, 11) is 0. The van der Waals surface area contributed by atoms with Gasteiger partial charge in [0, 0.05) is 63.7 Å². The Labute approximate surface area is 269 Å². The number of amides is 1. The lowest BCUT2D eigenvalue weighted by molar-refractivity contribution is -0.134. The average Bonchev–Trinajstić information content (AvgIpc) is 2.98. The van der Waals surface area contributed by atoms with Gasteiger partial charge in [0.05, 0.1) is 11.4 Å². The molecular formula is C33H48F4N4O5. The fourth-order valence-electron chi connectivity index (χ4n) is 4.69. The number of piperidine rings is 2. The second-order valence-corrected chi connectivity index (χ2v) is 12.2. The summed E-state index contributed by atoms with van der Waals surface area (Å²) in [4.78, 5) is 25.1. The van der Waals surface area contributed by atoms with E-state index in [9.17, 15) is 22.4 Å². The number of alkyl halides is 2. The molecule has 2 aromatic rings. The maximum atomic E-state index is 14.2. The number of nitrogens with one attached hydrogen (secondary N) is 1. The van der Waals surface area contributed by atoms with E-state index < -0.39 is 23.0 Å². The SMILES string of the molecule is CC(=O)O.CC(C)(C)C(=O)Nc1ccc(OC2CCN(CCF)CC2)cc1F.Nc1ccc(OC2CCN(CCF)CC2)cc1F. The Bertz CT molecular complexity index is 1230. The first-order valence-electron chi connectivity index (χ1n) is 15.5. The fraction of sp³-hybridized carbons (Fsp3) is 0.576. The van der Waals surface area contributed by atoms with Gasteiger partial charge in [-0.2, -0.15) is 0 Å². The zero-order valence-electron chi connectivity index (χ0n) is 27.2. The molecule has 13 heteroatoms. The molecule has 0 bridgehead atoms. The van der Waals surface area contributed by atoms with Gasteiger partial charge in [0.15, 0.2) is 0 Å². The lowest BCUT2D eigenvalue weighted by Gasteiger charge is -2.31. The summed E-state index contributed by atoms with van der Waals surface area (Å²) in [6.45, 7) is 9.93. The number of rotatable bonds is 9. The van der Waals surface area contributed by atoms with Crippen LogP contribution in [-0.2, 0) is 9.59 Å². The van der Waals surface area contributed by atoms with Crippen LogP contribution in [0, 0.1) is 17.0 Å². The number of carbonyl (C=O) groups excluding carboxylic acids is 1. The van der Waals surface area contributed by atoms with Crippen LogP contribution >= 0.6 is 0 Å². The van der Waals surface area contributed by atoms with E-state index in [-0.39, 0.29) is 42.8 Å². The largest absolute Gasteiger partial charge is 0.490 e. The van der Waals surface area contributed by atoms with Crippen molar-refractivity contribution in [3.05, 3.63) is 48.0 Å². The molecule has 2 aliphatic rings. The van der Waals surface area contributed by atoms with E-state index in [1.54, 1.807) is 32.9 Å². The van der Waals surface area contributed by atoms with Gasteiger partial charge >= 0.3 is 0 Å². The molecule has 2 fully saturated rings. The van der Waals surface area contributed by atoms with Crippen molar-refractivity contribution in [2.45, 2.75) is 65.6 Å². The second-order valence-electron chi connectivity index (χ2n) is 12.2. The van der Waals surface area contributed by atoms with Gasteiger partial charge in [-0.25, -0.2) is 17.6 Å². The Hall–Kier alpha value is -3.58. The maximum Gasteiger partial charge on any atom is 0.300 e. The third-order valence-electron chi connectivity index (χ3n) is 7.32. The molecule has 2 aliphatic heterocycles. The summed E-state index contributed by atoms with van der Waals surface area (Å²) >= 11 is 0. The predicted octanol–water partition coefficient (Wildman–Crippen LogP) is 5.93. The quantitative estimate of drug-likeness (QED) is 0.225. The summed E-state index contributed by atoms with van der Waals surface area (Å²) in [5.41, 5.74) is 5.09. The minimum Gasteiger partial charge on any atom is -0.490 e. The number of hydrogen-bond acceptors (Lipinski definition) is 7. The molecule has 2 saturated heterocycles. The number of nitrogens with two attached hydrogens (primary N) is 1. The third kappa shape index (κ3) is 14.2. The van der Waals surface area contributed by atoms with E-state index in [2.05, 4.69) is 15.1 Å². The van der Waals surface area contributed by atoms with E-state index in [0.717, 1.165) is 58.8 Å². The molecule has 1 amide bonds. The lowest BCUT2D eigenvalue weighted by Crippen LogP contribution is -2.39. The number of likely N-dealkylation sites (tertiary alicyclic amines) is 2. The van der Waals surface area contributed by atoms with Crippen LogP contribution < -0.4 is 20.5 Å². The summed E-state index contributed by atoms with van der Waals surface area (Å²) in [5.74, 6) is -1.09. The standard InChI is InChI=1S/C18H26F2N2O2.C13H18F2N2O.C2H4O2/c1-18(2,3)17(23)21-16-5-4-14(12-15(16)20)24-13-6-9-22(10-7-13)11-8-19;14-5-8-17-6-3-10(4-7-17)18-11-1-2-13(16)12(15)9-11;1-2(3)4/h4-5,12-13H,6-11H2,1-3H3,(H,21,23);1-2,9-10H,3-8,16H2;1H3,(H,3,4). The van der Waals surface area contributed by atoms with Crippen molar-refractivity contribution >= 4 is 23.3 Å². The van der Waals surface area contributed by atoms with E-state index in [1.807, 2.05) is 0 Å². The van der Waals surface area contributed by atoms with Crippen molar-refractivity contribution in [1.82, 2.24) is 9.80 Å². The number of benzene rings is 2. The number of anilines is 2. The van der Waals surface area contributed by atoms with Crippen molar-refractivity contribution in [2.75, 3.05) is 63.7 Å². The summed E-state index contributed by atoms with van der Waals surface area (Å²) < 4.78 is 63.4. The maximum absolute atomic E-state index is 14.2. The first-order valence-corrected chi connectivity index (χ1v) is 15.5. The molecule has 9 nitrogen and oxygen atoms in total. The Morgan fingerprint density at radius 1 is 0.848 bits per heavy atom. The number of carboxylic acids is 1. The molecular weight excluding hydrogens is 608 g/mol. The van der Waals surface area contributed by atoms with E-state index in [4.69, 9.17) is 25.1 Å². The van der Waals surface area contributed by atoms with Gasteiger partial charge in [-0.15, -0.1) is 0 Å². The van der Waals surface area contributed by atoms with Crippen LogP contribution in [0.4, 0.5) is 28.9 Å². The molecule has 4 rings (SSSR count). The smallest absolute Gasteiger partial charge is 0.300 e. The van der Waals surface area contributed by atoms with Gasteiger partial charge in [0.25, 0.3) is 5.97 Å². The minimum atomic E-state index is -0.833. The molecule has 0 aromatic heterocycles. The first-order chi connectivity index (χ1) is 21.7. The summed E-state index contributed by atoms with van der Waals surface area (Å²) in [6, 6.07) is 8.96. The highest BCUT2D eigenvalue weighted by molar-refractivity contribution is 5.94. The fourth-order valence-corrected chi connectivity index (χ4v) is 4.69. The van der Waals surface area contributed by atoms with Crippen LogP contribution in [0.1, 0.15) is 53.4 Å². The number of aliphatic carboxylic acids is 1. The van der Waals surface area contributed by atoms with Crippen molar-refractivity contribution in [2.24, 2.45) is 5.41 Å². The molecule has 258 valence electrons. The average molecular weight is 657 g/mol. The van der Waals surface area contributed by atoms with Crippen LogP contribution in [0.15, 0.2) is 36.4 Å². The Balaban J connectivity index is 0.000000296. The van der Waals surface area contributed by atoms with E-state index in [1.165, 1.54) is 24.3 Å². The van der Waals surface area contributed by atoms with Crippen molar-refractivity contribution in [3.8, 4) is 11.5 Å². The molecule has 4 N–H and O–H groups in total. The van der Waals surface area contributed by atoms with Crippen molar-refractivity contribution in [1.29, 1.82) is 0 Å². The predicted molar refractivity (Wildman–Crippen MR) is 171 cm³/mol. The number of nitrogen functional groups attached to an aromatic ring is 1. The van der Waals surface area contributed by atoms with E-state index in [0.29, 0.717) is 24.6 Å². The van der Waals surface area contributed by atoms with Gasteiger partial charge < -0.3 is 35.4 Å². The number of halogens is 4. The molecule has 0 radical (unpaired) electrons. The number of carbonyl (C=O) groups is 2. The number of carboxylic acid groups (broad SMARTS) is 1. The molecule has 2 aromatic carbocycles. The summed E-state index contributed by atoms with van der Waals surface area (Å²) in [5, 5.41) is 10.0. The van der Waals surface area contributed by atoms with Crippen LogP contribution in [0.5, 0.6) is 11.5 Å². The zero-order valence-corrected chi connectivity index (χ0v) is 27.2. The van der Waals surface area contributed by atoms with E-state index >= 15 is 0 Å². The van der Waals surface area contributed by atoms with Gasteiger partial charge in [-0.1, -0.05) is 20.8 Å². The molecule has 0 saturated carbocycles. The minimum absolute atomic E-state index is 0.00952. The van der Waals surface area contributed by atoms with Gasteiger partial charge in [-0.3, -0.25) is 9.59 Å². The van der Waals surface area contributed by atoms with Gasteiger partial charge in [0.1, 0.15) is 48.7 Å². The molecule has 2 heterocycles. The molecule has 0 spiro atoms. The number of ether oxygens (including phenoxy) is 2. The van der Waals surface area contributed by atoms with Crippen LogP contribution in [-0.4, -0.2) is 91.6 Å². The second kappa shape index (κ2) is 19.2. The lowest BCUT2D eigenvalue weighted by atomic mass is 9.95.